The van der Waals surface area contributed by atoms with E-state index in [1.807, 2.05) is 0 Å². The van der Waals surface area contributed by atoms with Gasteiger partial charge in [-0.05, 0) is 0 Å². The molecular formula is C6H7BrKO4P. The predicted molar refractivity (Wildman–Crippen MR) is 53.8 cm³/mol. The van der Waals surface area contributed by atoms with Crippen molar-refractivity contribution in [3.05, 3.63) is 28.7 Å². The Morgan fingerprint density at radius 1 is 1.15 bits per heavy atom. The van der Waals surface area contributed by atoms with Gasteiger partial charge in [0.2, 0.25) is 0 Å². The molecule has 0 aromatic heterocycles. The van der Waals surface area contributed by atoms with Crippen molar-refractivity contribution < 1.29 is 19.2 Å². The van der Waals surface area contributed by atoms with Gasteiger partial charge < -0.3 is 14.7 Å². The minimum absolute atomic E-state index is 0.827. The molecule has 13 heavy (non-hydrogen) atoms. The normalized spacial score (nSPS) is 10.3. The third-order valence-corrected chi connectivity index (χ3v) is 2.58. The first-order valence-corrected chi connectivity index (χ1v) is 7.21. The maximum atomic E-state index is 8.88. The molecule has 4 nitrogen and oxygen atoms in total. The monoisotopic (exact) mass is 292 g/mol. The number of benzene rings is 1. The first-order chi connectivity index (χ1) is 5.79. The van der Waals surface area contributed by atoms with Crippen molar-refractivity contribution in [2.24, 2.45) is 0 Å². The number of hydrogen-bond donors (Lipinski definition) is 3. The van der Waals surface area contributed by atoms with E-state index in [2.05, 4.69) is 40.2 Å². The van der Waals surface area contributed by atoms with Gasteiger partial charge in [0.05, 0.1) is 0 Å². The molecule has 0 amide bonds. The van der Waals surface area contributed by atoms with Crippen molar-refractivity contribution in [1.29, 1.82) is 0 Å². The fourth-order valence-electron chi connectivity index (χ4n) is 0.533. The maximum absolute atomic E-state index is 8.88. The molecule has 0 saturated heterocycles. The van der Waals surface area contributed by atoms with Gasteiger partial charge in [0.1, 0.15) is 0 Å². The summed E-state index contributed by atoms with van der Waals surface area (Å²) in [4.78, 5) is 21.6. The molecule has 68 valence electrons. The van der Waals surface area contributed by atoms with Crippen LogP contribution in [0.1, 0.15) is 0 Å². The zero-order chi connectivity index (χ0) is 10.5. The third kappa shape index (κ3) is 13.4. The molecule has 0 aliphatic rings. The molecule has 0 aliphatic carbocycles. The van der Waals surface area contributed by atoms with E-state index in [4.69, 9.17) is 19.2 Å². The molecular weight excluding hydrogens is 286 g/mol. The van der Waals surface area contributed by atoms with E-state index in [1.54, 1.807) is 0 Å². The van der Waals surface area contributed by atoms with Gasteiger partial charge in [-0.3, -0.25) is 0 Å². The van der Waals surface area contributed by atoms with Crippen LogP contribution in [-0.2, 0) is 4.57 Å². The topological polar surface area (TPSA) is 77.8 Å². The van der Waals surface area contributed by atoms with E-state index in [-0.39, 0.29) is 0 Å². The van der Waals surface area contributed by atoms with Gasteiger partial charge in [-0.2, -0.15) is 0 Å². The minimum atomic E-state index is -4.64. The van der Waals surface area contributed by atoms with Crippen molar-refractivity contribution >= 4 is 72.4 Å². The quantitative estimate of drug-likeness (QED) is 0.475. The summed E-state index contributed by atoms with van der Waals surface area (Å²) in [7, 11) is -4.64. The summed E-state index contributed by atoms with van der Waals surface area (Å²) in [5.41, 5.74) is 0. The van der Waals surface area contributed by atoms with Gasteiger partial charge in [-0.25, -0.2) is 4.57 Å². The zero-order valence-corrected chi connectivity index (χ0v) is 12.5. The molecule has 0 bridgehead atoms. The zero-order valence-electron chi connectivity index (χ0n) is 6.88. The van der Waals surface area contributed by atoms with E-state index in [9.17, 15) is 0 Å². The van der Waals surface area contributed by atoms with Crippen molar-refractivity contribution in [3.8, 4) is 0 Å². The fourth-order valence-corrected chi connectivity index (χ4v) is 1.32. The van der Waals surface area contributed by atoms with Crippen LogP contribution in [0, 0.1) is 0 Å². The molecule has 7 heteroatoms. The number of halogens is 1. The van der Waals surface area contributed by atoms with E-state index < -0.39 is 7.82 Å². The summed E-state index contributed by atoms with van der Waals surface area (Å²) < 4.78 is 11.5. The molecule has 0 spiro atoms. The Kier molecular flexibility index (Phi) is 7.60. The van der Waals surface area contributed by atoms with Crippen LogP contribution in [-0.4, -0.2) is 63.6 Å². The molecule has 1 rings (SSSR count). The Hall–Kier alpha value is 1.45. The summed E-state index contributed by atoms with van der Waals surface area (Å²) in [5, 5.41) is 0. The predicted octanol–water partition coefficient (Wildman–Crippen LogP) is 0.314. The molecule has 3 N–H and O–H groups in total. The Labute approximate surface area is 118 Å². The second-order valence-corrected chi connectivity index (χ2v) is 6.05. The molecule has 0 saturated carbocycles. The Bertz CT molecular complexity index is 267. The van der Waals surface area contributed by atoms with Crippen LogP contribution in [0.4, 0.5) is 0 Å². The van der Waals surface area contributed by atoms with Crippen molar-refractivity contribution in [2.45, 2.75) is 0 Å². The molecule has 1 aromatic carbocycles. The number of rotatable bonds is 0. The first-order valence-electron chi connectivity index (χ1n) is 3.29. The average Bonchev–Trinajstić information content (AvgIpc) is 1.92. The molecule has 0 aliphatic heterocycles. The second kappa shape index (κ2) is 6.84. The van der Waals surface area contributed by atoms with E-state index >= 15 is 0 Å². The molecule has 1 aromatic rings. The summed E-state index contributed by atoms with van der Waals surface area (Å²) in [6.45, 7) is 0. The SMILES string of the molecule is O=P(O)(O)O.[K][c]1ccc(Br)cc1. The van der Waals surface area contributed by atoms with Crippen LogP contribution in [0.2, 0.25) is 0 Å². The van der Waals surface area contributed by atoms with Crippen molar-refractivity contribution in [2.75, 3.05) is 0 Å². The van der Waals surface area contributed by atoms with Crippen molar-refractivity contribution in [1.82, 2.24) is 0 Å². The van der Waals surface area contributed by atoms with Gasteiger partial charge in [-0.15, -0.1) is 0 Å². The van der Waals surface area contributed by atoms with Gasteiger partial charge in [-0.1, -0.05) is 0 Å². The van der Waals surface area contributed by atoms with Gasteiger partial charge >= 0.3 is 101 Å². The van der Waals surface area contributed by atoms with Crippen LogP contribution in [0.25, 0.3) is 0 Å². The van der Waals surface area contributed by atoms with Gasteiger partial charge in [0, 0.05) is 0 Å². The standard InChI is InChI=1S/C6H4Br.K.H3O4P/c7-6-4-2-1-3-5-6;;1-5(2,3)4/h2-5H;;(H3,1,2,3,4). The Balaban J connectivity index is 0.000000252. The van der Waals surface area contributed by atoms with E-state index in [1.165, 1.54) is 4.13 Å². The van der Waals surface area contributed by atoms with Crippen LogP contribution < -0.4 is -0.342 Å². The third-order valence-electron chi connectivity index (χ3n) is 1.01. The number of hydrogen-bond acceptors (Lipinski definition) is 1. The Morgan fingerprint density at radius 3 is 1.69 bits per heavy atom. The Morgan fingerprint density at radius 2 is 1.46 bits per heavy atom. The molecule has 0 radical (unpaired) electrons. The molecule has 0 heterocycles. The van der Waals surface area contributed by atoms with Crippen molar-refractivity contribution in [3.63, 3.8) is 0 Å². The average molecular weight is 293 g/mol. The summed E-state index contributed by atoms with van der Waals surface area (Å²) >= 11 is 4.19. The van der Waals surface area contributed by atoms with Crippen LogP contribution in [0.15, 0.2) is 28.7 Å². The van der Waals surface area contributed by atoms with E-state index in [0.29, 0.717) is 0 Å². The van der Waals surface area contributed by atoms with Gasteiger partial charge in [0.15, 0.2) is 0 Å². The molecule has 0 atom stereocenters. The summed E-state index contributed by atoms with van der Waals surface area (Å²) in [5.74, 6) is 0. The summed E-state index contributed by atoms with van der Waals surface area (Å²) in [6, 6.07) is 8.48. The molecule has 0 unspecified atom stereocenters. The fraction of sp³-hybridized carbons (Fsp3) is 0. The first kappa shape index (κ1) is 14.4. The number of phosphoric acid groups is 1. The van der Waals surface area contributed by atoms with Crippen LogP contribution in [0.5, 0.6) is 0 Å². The second-order valence-electron chi connectivity index (χ2n) is 2.31. The van der Waals surface area contributed by atoms with Gasteiger partial charge in [0.25, 0.3) is 0 Å². The summed E-state index contributed by atoms with van der Waals surface area (Å²) in [6.07, 6.45) is 0. The van der Waals surface area contributed by atoms with Crippen LogP contribution >= 0.6 is 23.8 Å². The van der Waals surface area contributed by atoms with Crippen LogP contribution in [0.3, 0.4) is 0 Å². The van der Waals surface area contributed by atoms with E-state index in [0.717, 1.165) is 49.0 Å². The molecule has 0 fully saturated rings.